The molecule has 4 N–H and O–H groups in total. The zero-order chi connectivity index (χ0) is 12.8. The molecule has 2 atom stereocenters. The summed E-state index contributed by atoms with van der Waals surface area (Å²) >= 11 is 0. The summed E-state index contributed by atoms with van der Waals surface area (Å²) in [5.74, 6) is -1.49. The minimum Gasteiger partial charge on any atom is -0.481 e. The van der Waals surface area contributed by atoms with Gasteiger partial charge >= 0.3 is 12.0 Å². The fourth-order valence-electron chi connectivity index (χ4n) is 1.74. The zero-order valence-electron chi connectivity index (χ0n) is 10.3. The summed E-state index contributed by atoms with van der Waals surface area (Å²) < 4.78 is 0. The molecule has 1 saturated heterocycles. The molecule has 98 valence electrons. The lowest BCUT2D eigenvalue weighted by Crippen LogP contribution is -2.50. The summed E-state index contributed by atoms with van der Waals surface area (Å²) in [6.45, 7) is 5.09. The SMILES string of the molecule is CC(NC(=O)NC1CCNCC1)C(C)C(=O)O. The first kappa shape index (κ1) is 13.8. The molecular weight excluding hydrogens is 222 g/mol. The Morgan fingerprint density at radius 1 is 1.29 bits per heavy atom. The van der Waals surface area contributed by atoms with Crippen molar-refractivity contribution in [2.24, 2.45) is 5.92 Å². The van der Waals surface area contributed by atoms with Gasteiger partial charge in [0.2, 0.25) is 0 Å². The van der Waals surface area contributed by atoms with Crippen LogP contribution in [0.1, 0.15) is 26.7 Å². The monoisotopic (exact) mass is 243 g/mol. The van der Waals surface area contributed by atoms with Crippen LogP contribution in [0, 0.1) is 5.92 Å². The Morgan fingerprint density at radius 3 is 2.41 bits per heavy atom. The number of carbonyl (C=O) groups is 2. The average Bonchev–Trinajstić information content (AvgIpc) is 2.28. The average molecular weight is 243 g/mol. The van der Waals surface area contributed by atoms with Crippen LogP contribution in [0.15, 0.2) is 0 Å². The lowest BCUT2D eigenvalue weighted by atomic mass is 10.0. The van der Waals surface area contributed by atoms with Crippen molar-refractivity contribution in [1.29, 1.82) is 0 Å². The topological polar surface area (TPSA) is 90.5 Å². The number of aliphatic carboxylic acids is 1. The maximum Gasteiger partial charge on any atom is 0.315 e. The normalized spacial score (nSPS) is 20.4. The summed E-state index contributed by atoms with van der Waals surface area (Å²) in [7, 11) is 0. The predicted molar refractivity (Wildman–Crippen MR) is 63.8 cm³/mol. The van der Waals surface area contributed by atoms with E-state index in [1.54, 1.807) is 13.8 Å². The summed E-state index contributed by atoms with van der Waals surface area (Å²) in [4.78, 5) is 22.3. The van der Waals surface area contributed by atoms with Gasteiger partial charge in [0, 0.05) is 12.1 Å². The lowest BCUT2D eigenvalue weighted by molar-refractivity contribution is -0.141. The summed E-state index contributed by atoms with van der Waals surface area (Å²) in [5, 5.41) is 17.5. The van der Waals surface area contributed by atoms with Crippen molar-refractivity contribution in [3.63, 3.8) is 0 Å². The van der Waals surface area contributed by atoms with E-state index < -0.39 is 11.9 Å². The van der Waals surface area contributed by atoms with Gasteiger partial charge in [0.1, 0.15) is 0 Å². The summed E-state index contributed by atoms with van der Waals surface area (Å²) in [6, 6.07) is -0.477. The zero-order valence-corrected chi connectivity index (χ0v) is 10.3. The van der Waals surface area contributed by atoms with Gasteiger partial charge in [-0.1, -0.05) is 0 Å². The van der Waals surface area contributed by atoms with Gasteiger partial charge in [0.15, 0.2) is 0 Å². The van der Waals surface area contributed by atoms with Crippen molar-refractivity contribution < 1.29 is 14.7 Å². The molecule has 0 saturated carbocycles. The second kappa shape index (κ2) is 6.44. The van der Waals surface area contributed by atoms with Crippen LogP contribution in [0.25, 0.3) is 0 Å². The number of hydrogen-bond donors (Lipinski definition) is 4. The molecule has 0 spiro atoms. The largest absolute Gasteiger partial charge is 0.481 e. The Balaban J connectivity index is 2.30. The molecule has 0 aromatic carbocycles. The maximum atomic E-state index is 11.6. The predicted octanol–water partition coefficient (Wildman–Crippen LogP) is 0.147. The van der Waals surface area contributed by atoms with E-state index in [-0.39, 0.29) is 18.1 Å². The van der Waals surface area contributed by atoms with Gasteiger partial charge in [0.25, 0.3) is 0 Å². The molecule has 2 amide bonds. The number of urea groups is 1. The first-order chi connectivity index (χ1) is 8.00. The van der Waals surface area contributed by atoms with E-state index in [9.17, 15) is 9.59 Å². The third kappa shape index (κ3) is 4.60. The highest BCUT2D eigenvalue weighted by atomic mass is 16.4. The Labute approximate surface area is 101 Å². The van der Waals surface area contributed by atoms with Crippen LogP contribution < -0.4 is 16.0 Å². The number of rotatable bonds is 4. The van der Waals surface area contributed by atoms with E-state index in [1.165, 1.54) is 0 Å². The lowest BCUT2D eigenvalue weighted by Gasteiger charge is -2.25. The Hall–Kier alpha value is -1.30. The molecule has 1 aliphatic rings. The third-order valence-electron chi connectivity index (χ3n) is 3.17. The minimum absolute atomic E-state index is 0.184. The van der Waals surface area contributed by atoms with Gasteiger partial charge in [-0.25, -0.2) is 4.79 Å². The van der Waals surface area contributed by atoms with E-state index >= 15 is 0 Å². The fraction of sp³-hybridized carbons (Fsp3) is 0.818. The molecule has 0 aromatic heterocycles. The minimum atomic E-state index is -0.903. The number of amides is 2. The van der Waals surface area contributed by atoms with E-state index in [0.717, 1.165) is 25.9 Å². The molecule has 1 aliphatic heterocycles. The van der Waals surface area contributed by atoms with Crippen LogP contribution in [-0.2, 0) is 4.79 Å². The van der Waals surface area contributed by atoms with Gasteiger partial charge in [-0.2, -0.15) is 0 Å². The standard InChI is InChI=1S/C11H21N3O3/c1-7(10(15)16)8(2)13-11(17)14-9-3-5-12-6-4-9/h7-9,12H,3-6H2,1-2H3,(H,15,16)(H2,13,14,17). The fourth-order valence-corrected chi connectivity index (χ4v) is 1.74. The van der Waals surface area contributed by atoms with Crippen molar-refractivity contribution in [3.05, 3.63) is 0 Å². The number of nitrogens with one attached hydrogen (secondary N) is 3. The molecule has 0 radical (unpaired) electrons. The van der Waals surface area contributed by atoms with Crippen molar-refractivity contribution in [2.75, 3.05) is 13.1 Å². The van der Waals surface area contributed by atoms with Crippen molar-refractivity contribution in [3.8, 4) is 0 Å². The molecule has 6 nitrogen and oxygen atoms in total. The Morgan fingerprint density at radius 2 is 1.88 bits per heavy atom. The highest BCUT2D eigenvalue weighted by molar-refractivity contribution is 5.76. The first-order valence-electron chi connectivity index (χ1n) is 6.01. The number of carboxylic acid groups (broad SMARTS) is 1. The van der Waals surface area contributed by atoms with E-state index in [1.807, 2.05) is 0 Å². The second-order valence-corrected chi connectivity index (χ2v) is 4.56. The highest BCUT2D eigenvalue weighted by Crippen LogP contribution is 2.04. The van der Waals surface area contributed by atoms with Crippen LogP contribution in [0.4, 0.5) is 4.79 Å². The van der Waals surface area contributed by atoms with Crippen LogP contribution in [0.5, 0.6) is 0 Å². The Bertz CT molecular complexity index is 277. The molecule has 2 unspecified atom stereocenters. The number of hydrogen-bond acceptors (Lipinski definition) is 3. The molecule has 1 heterocycles. The third-order valence-corrected chi connectivity index (χ3v) is 3.17. The van der Waals surface area contributed by atoms with Crippen LogP contribution in [-0.4, -0.2) is 42.3 Å². The molecule has 0 bridgehead atoms. The summed E-state index contributed by atoms with van der Waals surface area (Å²) in [6.07, 6.45) is 1.83. The van der Waals surface area contributed by atoms with E-state index in [2.05, 4.69) is 16.0 Å². The van der Waals surface area contributed by atoms with Crippen molar-refractivity contribution in [1.82, 2.24) is 16.0 Å². The first-order valence-corrected chi connectivity index (χ1v) is 6.01. The quantitative estimate of drug-likeness (QED) is 0.565. The highest BCUT2D eigenvalue weighted by Gasteiger charge is 2.22. The van der Waals surface area contributed by atoms with Crippen molar-refractivity contribution in [2.45, 2.75) is 38.8 Å². The van der Waals surface area contributed by atoms with Crippen molar-refractivity contribution >= 4 is 12.0 Å². The second-order valence-electron chi connectivity index (χ2n) is 4.56. The number of carboxylic acids is 1. The molecule has 0 aliphatic carbocycles. The molecule has 0 aromatic rings. The van der Waals surface area contributed by atoms with Gasteiger partial charge in [-0.3, -0.25) is 4.79 Å². The molecule has 1 rings (SSSR count). The maximum absolute atomic E-state index is 11.6. The van der Waals surface area contributed by atoms with Crippen LogP contribution >= 0.6 is 0 Å². The Kier molecular flexibility index (Phi) is 5.21. The number of piperidine rings is 1. The van der Waals surface area contributed by atoms with Gasteiger partial charge in [-0.05, 0) is 39.8 Å². The van der Waals surface area contributed by atoms with E-state index in [4.69, 9.17) is 5.11 Å². The summed E-state index contributed by atoms with van der Waals surface area (Å²) in [5.41, 5.74) is 0. The number of carbonyl (C=O) groups excluding carboxylic acids is 1. The smallest absolute Gasteiger partial charge is 0.315 e. The van der Waals surface area contributed by atoms with Gasteiger partial charge in [-0.15, -0.1) is 0 Å². The van der Waals surface area contributed by atoms with Gasteiger partial charge in [0.05, 0.1) is 5.92 Å². The molecule has 17 heavy (non-hydrogen) atoms. The molecular formula is C11H21N3O3. The molecule has 6 heteroatoms. The van der Waals surface area contributed by atoms with Gasteiger partial charge < -0.3 is 21.1 Å². The van der Waals surface area contributed by atoms with E-state index in [0.29, 0.717) is 0 Å². The van der Waals surface area contributed by atoms with Crippen LogP contribution in [0.2, 0.25) is 0 Å². The molecule has 1 fully saturated rings. The van der Waals surface area contributed by atoms with Crippen LogP contribution in [0.3, 0.4) is 0 Å².